The predicted molar refractivity (Wildman–Crippen MR) is 62.2 cm³/mol. The molecule has 0 aromatic rings. The van der Waals surface area contributed by atoms with Crippen LogP contribution in [0, 0.1) is 0 Å². The predicted octanol–water partition coefficient (Wildman–Crippen LogP) is 0.544. The second-order valence-corrected chi connectivity index (χ2v) is 4.53. The van der Waals surface area contributed by atoms with Gasteiger partial charge >= 0.3 is 0 Å². The zero-order valence-electron chi connectivity index (χ0n) is 9.87. The third-order valence-electron chi connectivity index (χ3n) is 3.43. The van der Waals surface area contributed by atoms with E-state index in [4.69, 9.17) is 4.74 Å². The minimum Gasteiger partial charge on any atom is -0.372 e. The minimum absolute atomic E-state index is 0.00897. The Bertz CT molecular complexity index is 273. The zero-order chi connectivity index (χ0) is 11.4. The molecule has 90 valence electrons. The molecule has 0 aliphatic carbocycles. The summed E-state index contributed by atoms with van der Waals surface area (Å²) < 4.78 is 5.88. The molecule has 2 fully saturated rings. The van der Waals surface area contributed by atoms with Crippen molar-refractivity contribution < 1.29 is 9.53 Å². The molecule has 2 heterocycles. The molecule has 16 heavy (non-hydrogen) atoms. The number of likely N-dealkylation sites (tertiary alicyclic amines) is 1. The number of allylic oxidation sites excluding steroid dienone is 1. The Kier molecular flexibility index (Phi) is 3.61. The van der Waals surface area contributed by atoms with Gasteiger partial charge in [0.25, 0.3) is 0 Å². The van der Waals surface area contributed by atoms with Gasteiger partial charge in [0.1, 0.15) is 0 Å². The summed E-state index contributed by atoms with van der Waals surface area (Å²) >= 11 is 0. The summed E-state index contributed by atoms with van der Waals surface area (Å²) in [6.45, 7) is 6.16. The Morgan fingerprint density at radius 2 is 2.19 bits per heavy atom. The van der Waals surface area contributed by atoms with Crippen LogP contribution in [0.5, 0.6) is 0 Å². The number of nitrogens with zero attached hydrogens (tertiary/aromatic N) is 1. The second-order valence-electron chi connectivity index (χ2n) is 4.53. The smallest absolute Gasteiger partial charge is 0.246 e. The van der Waals surface area contributed by atoms with Crippen LogP contribution in [-0.2, 0) is 9.53 Å². The standard InChI is InChI=1S/C12H20N2O2/c1-2-3-11(15)14-7-4-12(5-8-14)10-13-6-9-16-12/h2-3,13H,4-10H2,1H3/b3-2+. The summed E-state index contributed by atoms with van der Waals surface area (Å²) in [5.74, 6) is 0.126. The van der Waals surface area contributed by atoms with E-state index in [-0.39, 0.29) is 11.5 Å². The number of hydrogen-bond acceptors (Lipinski definition) is 3. The van der Waals surface area contributed by atoms with Gasteiger partial charge in [0.15, 0.2) is 0 Å². The maximum atomic E-state index is 11.7. The van der Waals surface area contributed by atoms with Gasteiger partial charge in [-0.15, -0.1) is 0 Å². The first-order valence-corrected chi connectivity index (χ1v) is 6.02. The van der Waals surface area contributed by atoms with Crippen LogP contribution in [0.2, 0.25) is 0 Å². The first kappa shape index (κ1) is 11.6. The second kappa shape index (κ2) is 4.97. The lowest BCUT2D eigenvalue weighted by atomic mass is 9.90. The Hall–Kier alpha value is -0.870. The van der Waals surface area contributed by atoms with Crippen molar-refractivity contribution in [2.75, 3.05) is 32.8 Å². The molecule has 0 radical (unpaired) electrons. The molecule has 1 amide bonds. The van der Waals surface area contributed by atoms with Crippen molar-refractivity contribution in [1.82, 2.24) is 10.2 Å². The molecule has 2 aliphatic heterocycles. The molecule has 1 N–H and O–H groups in total. The van der Waals surface area contributed by atoms with Crippen molar-refractivity contribution in [2.24, 2.45) is 0 Å². The molecule has 2 aliphatic rings. The molecule has 2 saturated heterocycles. The monoisotopic (exact) mass is 224 g/mol. The Labute approximate surface area is 96.6 Å². The van der Waals surface area contributed by atoms with E-state index in [2.05, 4.69) is 5.32 Å². The minimum atomic E-state index is -0.00897. The number of nitrogens with one attached hydrogen (secondary N) is 1. The van der Waals surface area contributed by atoms with E-state index in [1.54, 1.807) is 12.2 Å². The summed E-state index contributed by atoms with van der Waals surface area (Å²) in [7, 11) is 0. The van der Waals surface area contributed by atoms with E-state index in [1.807, 2.05) is 11.8 Å². The molecular formula is C12H20N2O2. The molecule has 0 aromatic heterocycles. The van der Waals surface area contributed by atoms with Gasteiger partial charge in [-0.3, -0.25) is 4.79 Å². The fourth-order valence-electron chi connectivity index (χ4n) is 2.41. The van der Waals surface area contributed by atoms with Gasteiger partial charge in [-0.2, -0.15) is 0 Å². The number of rotatable bonds is 1. The van der Waals surface area contributed by atoms with Crippen LogP contribution in [0.3, 0.4) is 0 Å². The van der Waals surface area contributed by atoms with Crippen molar-refractivity contribution in [2.45, 2.75) is 25.4 Å². The van der Waals surface area contributed by atoms with Gasteiger partial charge in [0.05, 0.1) is 12.2 Å². The van der Waals surface area contributed by atoms with E-state index in [0.717, 1.165) is 45.6 Å². The fourth-order valence-corrected chi connectivity index (χ4v) is 2.41. The largest absolute Gasteiger partial charge is 0.372 e. The van der Waals surface area contributed by atoms with Crippen molar-refractivity contribution in [1.29, 1.82) is 0 Å². The van der Waals surface area contributed by atoms with E-state index >= 15 is 0 Å². The topological polar surface area (TPSA) is 41.6 Å². The van der Waals surface area contributed by atoms with Crippen LogP contribution >= 0.6 is 0 Å². The summed E-state index contributed by atoms with van der Waals surface area (Å²) in [6.07, 6.45) is 5.33. The number of carbonyl (C=O) groups is 1. The van der Waals surface area contributed by atoms with Crippen LogP contribution in [0.15, 0.2) is 12.2 Å². The van der Waals surface area contributed by atoms with E-state index in [9.17, 15) is 4.79 Å². The summed E-state index contributed by atoms with van der Waals surface area (Å²) in [4.78, 5) is 13.6. The normalized spacial score (nSPS) is 25.2. The molecule has 0 saturated carbocycles. The SMILES string of the molecule is C/C=C/C(=O)N1CCC2(CC1)CNCCO2. The Balaban J connectivity index is 1.88. The third-order valence-corrected chi connectivity index (χ3v) is 3.43. The molecule has 1 spiro atoms. The quantitative estimate of drug-likeness (QED) is 0.661. The first-order valence-electron chi connectivity index (χ1n) is 6.02. The Morgan fingerprint density at radius 3 is 2.75 bits per heavy atom. The van der Waals surface area contributed by atoms with Crippen LogP contribution in [0.4, 0.5) is 0 Å². The molecule has 2 rings (SSSR count). The number of amides is 1. The van der Waals surface area contributed by atoms with E-state index in [0.29, 0.717) is 0 Å². The number of ether oxygens (including phenoxy) is 1. The highest BCUT2D eigenvalue weighted by molar-refractivity contribution is 5.87. The lowest BCUT2D eigenvalue weighted by Gasteiger charge is -2.43. The highest BCUT2D eigenvalue weighted by atomic mass is 16.5. The van der Waals surface area contributed by atoms with E-state index in [1.165, 1.54) is 0 Å². The van der Waals surface area contributed by atoms with Gasteiger partial charge in [-0.05, 0) is 25.8 Å². The lowest BCUT2D eigenvalue weighted by molar-refractivity contribution is -0.135. The van der Waals surface area contributed by atoms with Crippen molar-refractivity contribution in [3.05, 3.63) is 12.2 Å². The summed E-state index contributed by atoms with van der Waals surface area (Å²) in [5, 5.41) is 3.37. The number of hydrogen-bond donors (Lipinski definition) is 1. The first-order chi connectivity index (χ1) is 7.76. The maximum absolute atomic E-state index is 11.7. The molecule has 0 unspecified atom stereocenters. The highest BCUT2D eigenvalue weighted by Gasteiger charge is 2.37. The van der Waals surface area contributed by atoms with Crippen LogP contribution in [0.25, 0.3) is 0 Å². The highest BCUT2D eigenvalue weighted by Crippen LogP contribution is 2.27. The van der Waals surface area contributed by atoms with Gasteiger partial charge in [0, 0.05) is 26.2 Å². The van der Waals surface area contributed by atoms with Crippen molar-refractivity contribution in [3.63, 3.8) is 0 Å². The van der Waals surface area contributed by atoms with Gasteiger partial charge in [-0.25, -0.2) is 0 Å². The van der Waals surface area contributed by atoms with Crippen LogP contribution in [0.1, 0.15) is 19.8 Å². The molecule has 0 aromatic carbocycles. The summed E-state index contributed by atoms with van der Waals surface area (Å²) in [6, 6.07) is 0. The third kappa shape index (κ3) is 2.44. The number of carbonyl (C=O) groups excluding carboxylic acids is 1. The zero-order valence-corrected chi connectivity index (χ0v) is 9.87. The molecule has 0 atom stereocenters. The molecule has 4 nitrogen and oxygen atoms in total. The van der Waals surface area contributed by atoms with Crippen molar-refractivity contribution >= 4 is 5.91 Å². The van der Waals surface area contributed by atoms with Crippen LogP contribution < -0.4 is 5.32 Å². The lowest BCUT2D eigenvalue weighted by Crippen LogP contribution is -2.56. The number of piperidine rings is 1. The number of morpholine rings is 1. The maximum Gasteiger partial charge on any atom is 0.246 e. The van der Waals surface area contributed by atoms with Crippen LogP contribution in [-0.4, -0.2) is 49.2 Å². The van der Waals surface area contributed by atoms with Gasteiger partial charge in [0.2, 0.25) is 5.91 Å². The molecule has 4 heteroatoms. The average molecular weight is 224 g/mol. The average Bonchev–Trinajstić information content (AvgIpc) is 2.31. The van der Waals surface area contributed by atoms with E-state index < -0.39 is 0 Å². The van der Waals surface area contributed by atoms with Gasteiger partial charge < -0.3 is 15.0 Å². The molecule has 0 bridgehead atoms. The molecular weight excluding hydrogens is 204 g/mol. The summed E-state index contributed by atoms with van der Waals surface area (Å²) in [5.41, 5.74) is -0.00897. The Morgan fingerprint density at radius 1 is 1.44 bits per heavy atom. The fraction of sp³-hybridized carbons (Fsp3) is 0.750. The van der Waals surface area contributed by atoms with Gasteiger partial charge in [-0.1, -0.05) is 6.08 Å². The van der Waals surface area contributed by atoms with Crippen molar-refractivity contribution in [3.8, 4) is 0 Å².